The van der Waals surface area contributed by atoms with Crippen LogP contribution in [0.4, 0.5) is 0 Å². The van der Waals surface area contributed by atoms with Crippen LogP contribution in [0.15, 0.2) is 78.7 Å². The summed E-state index contributed by atoms with van der Waals surface area (Å²) < 4.78 is 3.46. The minimum atomic E-state index is 0. The summed E-state index contributed by atoms with van der Waals surface area (Å²) in [5, 5.41) is 12.1. The van der Waals surface area contributed by atoms with E-state index in [9.17, 15) is 9.90 Å². The van der Waals surface area contributed by atoms with Gasteiger partial charge in [-0.3, -0.25) is 9.78 Å². The van der Waals surface area contributed by atoms with Gasteiger partial charge in [-0.15, -0.1) is 23.6 Å². The van der Waals surface area contributed by atoms with Crippen LogP contribution in [0.1, 0.15) is 53.4 Å². The van der Waals surface area contributed by atoms with Crippen LogP contribution in [-0.2, 0) is 24.9 Å². The molecule has 6 heteroatoms. The van der Waals surface area contributed by atoms with Crippen LogP contribution in [0, 0.1) is 17.9 Å². The molecule has 0 saturated heterocycles. The molecule has 5 rings (SSSR count). The van der Waals surface area contributed by atoms with Crippen molar-refractivity contribution in [3.05, 3.63) is 84.8 Å². The Balaban J connectivity index is 0.000000223. The number of benzene rings is 2. The van der Waals surface area contributed by atoms with Crippen molar-refractivity contribution < 1.29 is 30.0 Å². The van der Waals surface area contributed by atoms with Crippen LogP contribution >= 0.6 is 11.3 Å². The molecule has 4 nitrogen and oxygen atoms in total. The van der Waals surface area contributed by atoms with E-state index in [1.807, 2.05) is 33.9 Å². The number of thiophene rings is 1. The molecule has 3 heterocycles. The molecule has 201 valence electrons. The summed E-state index contributed by atoms with van der Waals surface area (Å²) in [6.07, 6.45) is 6.84. The van der Waals surface area contributed by atoms with Gasteiger partial charge in [0.2, 0.25) is 0 Å². The standard InChI is InChI=1S/C19H11N2S.C13H24O2.Ir/c1-3-7-16-13(5-1)9-10-15-12-20-19(21(15)16)18-11-14-6-2-4-8-17(14)22-18;1-5-10(6-2)12(14)9-13(15)11(7-3)8-4;/h1-10,12H;9-11,14H,5-8H2,1-4H3;/q-1;;. The number of ketones is 1. The minimum absolute atomic E-state index is 0. The van der Waals surface area contributed by atoms with Crippen molar-refractivity contribution in [1.82, 2.24) is 9.38 Å². The Morgan fingerprint density at radius 2 is 1.61 bits per heavy atom. The predicted octanol–water partition coefficient (Wildman–Crippen LogP) is 9.04. The monoisotopic (exact) mass is 704 g/mol. The van der Waals surface area contributed by atoms with Crippen LogP contribution in [0.3, 0.4) is 0 Å². The van der Waals surface area contributed by atoms with Crippen molar-refractivity contribution in [3.63, 3.8) is 0 Å². The van der Waals surface area contributed by atoms with Crippen molar-refractivity contribution >= 4 is 43.6 Å². The van der Waals surface area contributed by atoms with Gasteiger partial charge in [0.15, 0.2) is 5.78 Å². The van der Waals surface area contributed by atoms with Gasteiger partial charge in [-0.25, -0.2) is 11.3 Å². The number of para-hydroxylation sites is 1. The first-order valence-corrected chi connectivity index (χ1v) is 14.0. The zero-order valence-corrected chi connectivity index (χ0v) is 25.6. The van der Waals surface area contributed by atoms with E-state index in [4.69, 9.17) is 0 Å². The molecule has 1 radical (unpaired) electrons. The van der Waals surface area contributed by atoms with E-state index in [2.05, 4.69) is 76.1 Å². The summed E-state index contributed by atoms with van der Waals surface area (Å²) in [4.78, 5) is 17.4. The van der Waals surface area contributed by atoms with Crippen LogP contribution < -0.4 is 0 Å². The molecule has 0 unspecified atom stereocenters. The van der Waals surface area contributed by atoms with Crippen molar-refractivity contribution in [2.75, 3.05) is 0 Å². The van der Waals surface area contributed by atoms with Gasteiger partial charge in [0.25, 0.3) is 0 Å². The zero-order valence-electron chi connectivity index (χ0n) is 22.4. The third-order valence-corrected chi connectivity index (χ3v) is 8.10. The maximum atomic E-state index is 11.7. The van der Waals surface area contributed by atoms with Crippen LogP contribution in [0.25, 0.3) is 37.2 Å². The molecule has 0 atom stereocenters. The van der Waals surface area contributed by atoms with Gasteiger partial charge in [-0.1, -0.05) is 64.1 Å². The number of carbonyl (C=O) groups excluding carboxylic acids is 1. The number of hydrogen-bond donors (Lipinski definition) is 1. The Morgan fingerprint density at radius 3 is 2.29 bits per heavy atom. The second-order valence-electron chi connectivity index (χ2n) is 9.28. The summed E-state index contributed by atoms with van der Waals surface area (Å²) in [6, 6.07) is 24.5. The molecule has 38 heavy (non-hydrogen) atoms. The zero-order chi connectivity index (χ0) is 26.4. The molecule has 0 fully saturated rings. The Morgan fingerprint density at radius 1 is 0.947 bits per heavy atom. The molecule has 0 bridgehead atoms. The number of allylic oxidation sites excluding steroid dienone is 2. The largest absolute Gasteiger partial charge is 0.512 e. The second kappa shape index (κ2) is 13.8. The average Bonchev–Trinajstić information content (AvgIpc) is 3.55. The summed E-state index contributed by atoms with van der Waals surface area (Å²) in [5.74, 6) is 1.51. The topological polar surface area (TPSA) is 54.6 Å². The van der Waals surface area contributed by atoms with Crippen LogP contribution in [0.2, 0.25) is 0 Å². The number of pyridine rings is 1. The molecule has 0 spiro atoms. The molecular formula is C32H35IrN2O2S-. The fourth-order valence-corrected chi connectivity index (χ4v) is 5.69. The first-order chi connectivity index (χ1) is 18.0. The van der Waals surface area contributed by atoms with E-state index < -0.39 is 0 Å². The van der Waals surface area contributed by atoms with Gasteiger partial charge in [0.05, 0.1) is 17.1 Å². The number of fused-ring (bicyclic) bond motifs is 4. The smallest absolute Gasteiger partial charge is 0.162 e. The van der Waals surface area contributed by atoms with E-state index in [0.29, 0.717) is 0 Å². The van der Waals surface area contributed by atoms with Crippen molar-refractivity contribution in [2.45, 2.75) is 53.4 Å². The van der Waals surface area contributed by atoms with E-state index in [0.717, 1.165) is 47.3 Å². The Labute approximate surface area is 242 Å². The summed E-state index contributed by atoms with van der Waals surface area (Å²) in [5.41, 5.74) is 2.29. The van der Waals surface area contributed by atoms with E-state index in [1.54, 1.807) is 11.3 Å². The Bertz CT molecular complexity index is 1490. The van der Waals surface area contributed by atoms with Gasteiger partial charge in [-0.05, 0) is 52.8 Å². The molecule has 5 aromatic rings. The molecule has 2 aromatic carbocycles. The number of imidazole rings is 1. The number of aliphatic hydroxyl groups is 1. The molecule has 3 aromatic heterocycles. The first-order valence-electron chi connectivity index (χ1n) is 13.2. The number of nitrogens with zero attached hydrogens (tertiary/aromatic N) is 2. The van der Waals surface area contributed by atoms with Gasteiger partial charge < -0.3 is 9.51 Å². The molecule has 0 aliphatic heterocycles. The quantitative estimate of drug-likeness (QED) is 0.0998. The number of rotatable bonds is 8. The third-order valence-electron chi connectivity index (χ3n) is 7.03. The van der Waals surface area contributed by atoms with E-state index in [-0.39, 0.29) is 43.5 Å². The van der Waals surface area contributed by atoms with Crippen molar-refractivity contribution in [2.24, 2.45) is 11.8 Å². The summed E-state index contributed by atoms with van der Waals surface area (Å²) in [7, 11) is 0. The average molecular weight is 704 g/mol. The SMILES string of the molecule is CCC(CC)C(=O)C=C(O)C(CC)CC.[Ir].[c-]1c(-c2ncc3ccc4ccccc4n23)sc2ccccc12. The number of aromatic nitrogens is 2. The maximum Gasteiger partial charge on any atom is 0.162 e. The molecule has 1 N–H and O–H groups in total. The number of hydrogen-bond acceptors (Lipinski definition) is 4. The fraction of sp³-hybridized carbons (Fsp3) is 0.312. The summed E-state index contributed by atoms with van der Waals surface area (Å²) in [6.45, 7) is 8.07. The number of carbonyl (C=O) groups is 1. The van der Waals surface area contributed by atoms with Crippen molar-refractivity contribution in [1.29, 1.82) is 0 Å². The van der Waals surface area contributed by atoms with Crippen molar-refractivity contribution in [3.8, 4) is 10.7 Å². The molecule has 0 saturated carbocycles. The van der Waals surface area contributed by atoms with Gasteiger partial charge in [-0.2, -0.15) is 0 Å². The predicted molar refractivity (Wildman–Crippen MR) is 156 cm³/mol. The molecular weight excluding hydrogens is 669 g/mol. The first kappa shape index (κ1) is 29.8. The van der Waals surface area contributed by atoms with Crippen LogP contribution in [0.5, 0.6) is 0 Å². The molecule has 0 aliphatic rings. The minimum Gasteiger partial charge on any atom is -0.512 e. The fourth-order valence-electron chi connectivity index (χ4n) is 4.70. The third kappa shape index (κ3) is 6.43. The summed E-state index contributed by atoms with van der Waals surface area (Å²) >= 11 is 1.74. The molecule has 0 aliphatic carbocycles. The molecule has 0 amide bonds. The second-order valence-corrected chi connectivity index (χ2v) is 10.3. The maximum absolute atomic E-state index is 11.7. The Kier molecular flexibility index (Phi) is 10.8. The van der Waals surface area contributed by atoms with E-state index in [1.165, 1.54) is 21.7 Å². The Hall–Kier alpha value is -2.79. The van der Waals surface area contributed by atoms with Gasteiger partial charge in [0, 0.05) is 49.7 Å². The van der Waals surface area contributed by atoms with E-state index >= 15 is 0 Å². The van der Waals surface area contributed by atoms with Gasteiger partial charge in [0.1, 0.15) is 0 Å². The normalized spacial score (nSPS) is 11.7. The van der Waals surface area contributed by atoms with Gasteiger partial charge >= 0.3 is 0 Å². The number of aliphatic hydroxyl groups excluding tert-OH is 1. The van der Waals surface area contributed by atoms with Crippen LogP contribution in [-0.4, -0.2) is 20.3 Å².